The van der Waals surface area contributed by atoms with Gasteiger partial charge in [-0.15, -0.1) is 0 Å². The van der Waals surface area contributed by atoms with Gasteiger partial charge in [-0.1, -0.05) is 0 Å². The Kier molecular flexibility index (Phi) is 2.55. The molecule has 1 saturated heterocycles. The Morgan fingerprint density at radius 1 is 1.24 bits per heavy atom. The first-order chi connectivity index (χ1) is 8.34. The van der Waals surface area contributed by atoms with Crippen LogP contribution in [0, 0.1) is 0 Å². The Labute approximate surface area is 99.2 Å². The second-order valence-electron chi connectivity index (χ2n) is 4.39. The number of nitrogens with zero attached hydrogens (tertiary/aromatic N) is 2. The van der Waals surface area contributed by atoms with Crippen molar-refractivity contribution in [1.29, 1.82) is 0 Å². The molecule has 1 aromatic heterocycles. The van der Waals surface area contributed by atoms with Gasteiger partial charge in [0.2, 0.25) is 0 Å². The van der Waals surface area contributed by atoms with Crippen LogP contribution in [0.25, 0.3) is 11.1 Å². The second kappa shape index (κ2) is 4.20. The van der Waals surface area contributed by atoms with E-state index >= 15 is 0 Å². The molecule has 4 nitrogen and oxygen atoms in total. The largest absolute Gasteiger partial charge is 0.443 e. The van der Waals surface area contributed by atoms with Crippen LogP contribution in [-0.2, 0) is 0 Å². The highest BCUT2D eigenvalue weighted by Crippen LogP contribution is 2.17. The summed E-state index contributed by atoms with van der Waals surface area (Å²) in [5.41, 5.74) is 2.17. The fourth-order valence-electron chi connectivity index (χ4n) is 2.27. The maximum atomic E-state index is 12.2. The summed E-state index contributed by atoms with van der Waals surface area (Å²) < 4.78 is 5.16. The number of amides is 1. The Morgan fingerprint density at radius 2 is 2.06 bits per heavy atom. The average molecular weight is 230 g/mol. The van der Waals surface area contributed by atoms with Crippen LogP contribution < -0.4 is 0 Å². The van der Waals surface area contributed by atoms with Crippen molar-refractivity contribution in [2.45, 2.75) is 19.3 Å². The molecule has 0 saturated carbocycles. The SMILES string of the molecule is O=C(c1ccc2ocnc2c1)N1CCCCC1. The highest BCUT2D eigenvalue weighted by molar-refractivity contribution is 5.97. The van der Waals surface area contributed by atoms with Crippen molar-refractivity contribution < 1.29 is 9.21 Å². The van der Waals surface area contributed by atoms with Crippen molar-refractivity contribution in [1.82, 2.24) is 9.88 Å². The Morgan fingerprint density at radius 3 is 2.88 bits per heavy atom. The number of hydrogen-bond donors (Lipinski definition) is 0. The lowest BCUT2D eigenvalue weighted by Gasteiger charge is -2.26. The summed E-state index contributed by atoms with van der Waals surface area (Å²) >= 11 is 0. The molecular weight excluding hydrogens is 216 g/mol. The van der Waals surface area contributed by atoms with Gasteiger partial charge in [0.05, 0.1) is 0 Å². The highest BCUT2D eigenvalue weighted by Gasteiger charge is 2.18. The topological polar surface area (TPSA) is 46.3 Å². The predicted octanol–water partition coefficient (Wildman–Crippen LogP) is 2.45. The van der Waals surface area contributed by atoms with E-state index < -0.39 is 0 Å². The summed E-state index contributed by atoms with van der Waals surface area (Å²) in [5.74, 6) is 0.106. The van der Waals surface area contributed by atoms with Crippen LogP contribution in [0.2, 0.25) is 0 Å². The van der Waals surface area contributed by atoms with Crippen LogP contribution in [0.15, 0.2) is 29.0 Å². The molecule has 0 aliphatic carbocycles. The van der Waals surface area contributed by atoms with Crippen molar-refractivity contribution in [3.8, 4) is 0 Å². The molecule has 17 heavy (non-hydrogen) atoms. The van der Waals surface area contributed by atoms with Crippen LogP contribution in [0.3, 0.4) is 0 Å². The van der Waals surface area contributed by atoms with E-state index in [1.54, 1.807) is 12.1 Å². The number of benzene rings is 1. The van der Waals surface area contributed by atoms with Crippen molar-refractivity contribution in [2.24, 2.45) is 0 Å². The van der Waals surface area contributed by atoms with Crippen molar-refractivity contribution >= 4 is 17.0 Å². The third-order valence-corrected chi connectivity index (χ3v) is 3.22. The Hall–Kier alpha value is -1.84. The first-order valence-corrected chi connectivity index (χ1v) is 5.97. The predicted molar refractivity (Wildman–Crippen MR) is 63.8 cm³/mol. The average Bonchev–Trinajstić information content (AvgIpc) is 2.86. The summed E-state index contributed by atoms with van der Waals surface area (Å²) in [6, 6.07) is 5.42. The lowest BCUT2D eigenvalue weighted by atomic mass is 10.1. The first-order valence-electron chi connectivity index (χ1n) is 5.97. The number of rotatable bonds is 1. The van der Waals surface area contributed by atoms with Gasteiger partial charge in [-0.05, 0) is 37.5 Å². The monoisotopic (exact) mass is 230 g/mol. The number of likely N-dealkylation sites (tertiary alicyclic amines) is 1. The number of hydrogen-bond acceptors (Lipinski definition) is 3. The number of aromatic nitrogens is 1. The molecule has 1 aliphatic rings. The van der Waals surface area contributed by atoms with Gasteiger partial charge in [0, 0.05) is 18.7 Å². The maximum Gasteiger partial charge on any atom is 0.253 e. The molecule has 1 aromatic carbocycles. The van der Waals surface area contributed by atoms with Gasteiger partial charge in [-0.2, -0.15) is 0 Å². The fourth-order valence-corrected chi connectivity index (χ4v) is 2.27. The van der Waals surface area contributed by atoms with Gasteiger partial charge >= 0.3 is 0 Å². The van der Waals surface area contributed by atoms with E-state index in [0.29, 0.717) is 5.56 Å². The van der Waals surface area contributed by atoms with Gasteiger partial charge in [-0.3, -0.25) is 4.79 Å². The lowest BCUT2D eigenvalue weighted by molar-refractivity contribution is 0.0724. The zero-order valence-corrected chi connectivity index (χ0v) is 9.56. The van der Waals surface area contributed by atoms with Gasteiger partial charge in [0.15, 0.2) is 12.0 Å². The van der Waals surface area contributed by atoms with Crippen molar-refractivity contribution in [2.75, 3.05) is 13.1 Å². The van der Waals surface area contributed by atoms with E-state index in [9.17, 15) is 4.79 Å². The molecule has 1 amide bonds. The van der Waals surface area contributed by atoms with E-state index in [0.717, 1.165) is 37.0 Å². The molecule has 2 aromatic rings. The summed E-state index contributed by atoms with van der Waals surface area (Å²) in [6.45, 7) is 1.74. The van der Waals surface area contributed by atoms with Gasteiger partial charge in [-0.25, -0.2) is 4.98 Å². The minimum Gasteiger partial charge on any atom is -0.443 e. The number of oxazole rings is 1. The molecule has 0 bridgehead atoms. The summed E-state index contributed by atoms with van der Waals surface area (Å²) in [4.78, 5) is 18.2. The number of piperidine rings is 1. The molecule has 0 N–H and O–H groups in total. The van der Waals surface area contributed by atoms with Crippen LogP contribution in [0.5, 0.6) is 0 Å². The molecule has 0 unspecified atom stereocenters. The minimum absolute atomic E-state index is 0.106. The normalized spacial score (nSPS) is 16.4. The zero-order valence-electron chi connectivity index (χ0n) is 9.56. The summed E-state index contributed by atoms with van der Waals surface area (Å²) in [7, 11) is 0. The van der Waals surface area contributed by atoms with Gasteiger partial charge in [0.25, 0.3) is 5.91 Å². The molecule has 0 atom stereocenters. The molecule has 2 heterocycles. The minimum atomic E-state index is 0.106. The number of carbonyl (C=O) groups excluding carboxylic acids is 1. The molecule has 4 heteroatoms. The van der Waals surface area contributed by atoms with Crippen LogP contribution >= 0.6 is 0 Å². The summed E-state index contributed by atoms with van der Waals surface area (Å²) in [5, 5.41) is 0. The zero-order chi connectivity index (χ0) is 11.7. The van der Waals surface area contributed by atoms with Gasteiger partial charge in [0.1, 0.15) is 5.52 Å². The Bertz CT molecular complexity index is 541. The Balaban J connectivity index is 1.88. The van der Waals surface area contributed by atoms with Crippen LogP contribution in [0.4, 0.5) is 0 Å². The first kappa shape index (κ1) is 10.3. The van der Waals surface area contributed by atoms with Gasteiger partial charge < -0.3 is 9.32 Å². The van der Waals surface area contributed by atoms with E-state index in [4.69, 9.17) is 4.42 Å². The molecule has 88 valence electrons. The molecule has 3 rings (SSSR count). The summed E-state index contributed by atoms with van der Waals surface area (Å²) in [6.07, 6.45) is 4.85. The third kappa shape index (κ3) is 1.90. The van der Waals surface area contributed by atoms with Crippen LogP contribution in [-0.4, -0.2) is 28.9 Å². The van der Waals surface area contributed by atoms with E-state index in [-0.39, 0.29) is 5.91 Å². The molecule has 1 fully saturated rings. The standard InChI is InChI=1S/C13H14N2O2/c16-13(15-6-2-1-3-7-15)10-4-5-12-11(8-10)14-9-17-12/h4-5,8-9H,1-3,6-7H2. The molecular formula is C13H14N2O2. The van der Waals surface area contributed by atoms with Crippen molar-refractivity contribution in [3.63, 3.8) is 0 Å². The third-order valence-electron chi connectivity index (χ3n) is 3.22. The smallest absolute Gasteiger partial charge is 0.253 e. The number of fused-ring (bicyclic) bond motifs is 1. The number of carbonyl (C=O) groups is 1. The van der Waals surface area contributed by atoms with Crippen LogP contribution in [0.1, 0.15) is 29.6 Å². The molecule has 0 spiro atoms. The van der Waals surface area contributed by atoms with E-state index in [1.165, 1.54) is 12.8 Å². The van der Waals surface area contributed by atoms with E-state index in [1.807, 2.05) is 11.0 Å². The quantitative estimate of drug-likeness (QED) is 0.756. The molecule has 0 radical (unpaired) electrons. The van der Waals surface area contributed by atoms with Crippen molar-refractivity contribution in [3.05, 3.63) is 30.2 Å². The lowest BCUT2D eigenvalue weighted by Crippen LogP contribution is -2.35. The fraction of sp³-hybridized carbons (Fsp3) is 0.385. The highest BCUT2D eigenvalue weighted by atomic mass is 16.3. The maximum absolute atomic E-state index is 12.2. The second-order valence-corrected chi connectivity index (χ2v) is 4.39. The van der Waals surface area contributed by atoms with E-state index in [2.05, 4.69) is 4.98 Å². The molecule has 1 aliphatic heterocycles.